The number of fused-ring (bicyclic) bond motifs is 2. The molecule has 1 aliphatic carbocycles. The zero-order valence-electron chi connectivity index (χ0n) is 16.9. The largest absolute Gasteiger partial charge is 0.454 e. The number of anilines is 1. The molecule has 1 fully saturated rings. The number of nitrogens with zero attached hydrogens (tertiary/aromatic N) is 2. The number of rotatable bonds is 5. The van der Waals surface area contributed by atoms with E-state index in [1.807, 2.05) is 37.8 Å². The maximum Gasteiger partial charge on any atom is 0.231 e. The van der Waals surface area contributed by atoms with Crippen LogP contribution in [0, 0.1) is 0 Å². The summed E-state index contributed by atoms with van der Waals surface area (Å²) in [6, 6.07) is 4.33. The summed E-state index contributed by atoms with van der Waals surface area (Å²) in [4.78, 5) is 16.8. The van der Waals surface area contributed by atoms with Crippen LogP contribution in [0.25, 0.3) is 0 Å². The summed E-state index contributed by atoms with van der Waals surface area (Å²) >= 11 is 0. The van der Waals surface area contributed by atoms with Crippen molar-refractivity contribution < 1.29 is 24.1 Å². The van der Waals surface area contributed by atoms with Crippen molar-refractivity contribution >= 4 is 11.6 Å². The molecule has 0 radical (unpaired) electrons. The second-order valence-corrected chi connectivity index (χ2v) is 8.86. The number of β-amino-alcohol motifs (C(OH)–C–C–N with tert-alkyl or cyclic N) is 1. The van der Waals surface area contributed by atoms with Gasteiger partial charge in [-0.1, -0.05) is 0 Å². The Kier molecular flexibility index (Phi) is 5.14. The maximum atomic E-state index is 12.7. The lowest BCUT2D eigenvalue weighted by Gasteiger charge is -2.35. The molecule has 1 atom stereocenters. The number of ether oxygens (including phenoxy) is 3. The van der Waals surface area contributed by atoms with Crippen molar-refractivity contribution in [1.29, 1.82) is 0 Å². The van der Waals surface area contributed by atoms with Crippen molar-refractivity contribution in [3.8, 4) is 11.5 Å². The van der Waals surface area contributed by atoms with Crippen molar-refractivity contribution in [2.45, 2.75) is 64.3 Å². The van der Waals surface area contributed by atoms with Crippen LogP contribution in [0.15, 0.2) is 12.1 Å². The van der Waals surface area contributed by atoms with Crippen LogP contribution in [0.3, 0.4) is 0 Å². The van der Waals surface area contributed by atoms with E-state index in [1.54, 1.807) is 0 Å². The lowest BCUT2D eigenvalue weighted by Crippen LogP contribution is -2.42. The molecular weight excluding hydrogens is 360 g/mol. The van der Waals surface area contributed by atoms with E-state index >= 15 is 0 Å². The summed E-state index contributed by atoms with van der Waals surface area (Å²) in [5.74, 6) is 1.62. The highest BCUT2D eigenvalue weighted by molar-refractivity contribution is 5.79. The van der Waals surface area contributed by atoms with Crippen LogP contribution in [0.2, 0.25) is 0 Å². The van der Waals surface area contributed by atoms with Gasteiger partial charge in [0, 0.05) is 43.9 Å². The Morgan fingerprint density at radius 2 is 1.96 bits per heavy atom. The topological polar surface area (TPSA) is 71.5 Å². The van der Waals surface area contributed by atoms with Crippen molar-refractivity contribution in [1.82, 2.24) is 4.90 Å². The van der Waals surface area contributed by atoms with E-state index in [9.17, 15) is 9.90 Å². The number of amides is 1. The zero-order valence-corrected chi connectivity index (χ0v) is 16.9. The Balaban J connectivity index is 1.58. The first-order chi connectivity index (χ1) is 13.3. The second kappa shape index (κ2) is 7.44. The Hall–Kier alpha value is -1.99. The number of hydrogen-bond acceptors (Lipinski definition) is 6. The summed E-state index contributed by atoms with van der Waals surface area (Å²) in [6.07, 6.45) is 1.96. The lowest BCUT2D eigenvalue weighted by molar-refractivity contribution is -0.132. The van der Waals surface area contributed by atoms with Gasteiger partial charge in [-0.2, -0.15) is 0 Å². The summed E-state index contributed by atoms with van der Waals surface area (Å²) in [7, 11) is 0. The second-order valence-electron chi connectivity index (χ2n) is 8.86. The van der Waals surface area contributed by atoms with E-state index in [1.165, 1.54) is 0 Å². The first-order valence-electron chi connectivity index (χ1n) is 10.1. The molecule has 2 heterocycles. The van der Waals surface area contributed by atoms with Crippen LogP contribution in [0.4, 0.5) is 5.69 Å². The average molecular weight is 390 g/mol. The Morgan fingerprint density at radius 1 is 1.25 bits per heavy atom. The van der Waals surface area contributed by atoms with Gasteiger partial charge >= 0.3 is 0 Å². The molecule has 0 bridgehead atoms. The molecule has 2 aliphatic heterocycles. The summed E-state index contributed by atoms with van der Waals surface area (Å²) < 4.78 is 16.9. The Labute approximate surface area is 166 Å². The molecule has 4 rings (SSSR count). The van der Waals surface area contributed by atoms with Gasteiger partial charge in [0.25, 0.3) is 0 Å². The Bertz CT molecular complexity index is 741. The minimum absolute atomic E-state index is 0.177. The van der Waals surface area contributed by atoms with E-state index in [0.717, 1.165) is 29.8 Å². The summed E-state index contributed by atoms with van der Waals surface area (Å²) in [5, 5.41) is 10.5. The third kappa shape index (κ3) is 4.36. The molecule has 1 N–H and O–H groups in total. The fourth-order valence-corrected chi connectivity index (χ4v) is 3.72. The molecule has 0 saturated heterocycles. The highest BCUT2D eigenvalue weighted by atomic mass is 16.7. The quantitative estimate of drug-likeness (QED) is 0.832. The van der Waals surface area contributed by atoms with Crippen LogP contribution in [0.1, 0.15) is 45.6 Å². The number of carbonyl (C=O) groups excluding carboxylic acids is 1. The van der Waals surface area contributed by atoms with Gasteiger partial charge in [-0.25, -0.2) is 0 Å². The zero-order chi connectivity index (χ0) is 19.9. The third-order valence-corrected chi connectivity index (χ3v) is 5.30. The molecule has 0 aromatic heterocycles. The van der Waals surface area contributed by atoms with Gasteiger partial charge in [0.1, 0.15) is 0 Å². The van der Waals surface area contributed by atoms with Crippen LogP contribution in [0.5, 0.6) is 11.5 Å². The highest BCUT2D eigenvalue weighted by Crippen LogP contribution is 2.41. The molecular formula is C21H30N2O5. The van der Waals surface area contributed by atoms with Gasteiger partial charge in [-0.3, -0.25) is 4.79 Å². The van der Waals surface area contributed by atoms with E-state index in [-0.39, 0.29) is 24.9 Å². The van der Waals surface area contributed by atoms with Gasteiger partial charge in [0.2, 0.25) is 12.7 Å². The number of aliphatic hydroxyl groups excluding tert-OH is 1. The smallest absolute Gasteiger partial charge is 0.231 e. The fraction of sp³-hybridized carbons (Fsp3) is 0.667. The summed E-state index contributed by atoms with van der Waals surface area (Å²) in [5.41, 5.74) is 1.73. The molecule has 1 saturated carbocycles. The number of aliphatic hydroxyl groups is 1. The van der Waals surface area contributed by atoms with Crippen LogP contribution < -0.4 is 14.4 Å². The van der Waals surface area contributed by atoms with Crippen molar-refractivity contribution in [2.75, 3.05) is 31.4 Å². The lowest BCUT2D eigenvalue weighted by atomic mass is 10.1. The predicted molar refractivity (Wildman–Crippen MR) is 105 cm³/mol. The molecule has 3 aliphatic rings. The van der Waals surface area contributed by atoms with Gasteiger partial charge < -0.3 is 29.1 Å². The third-order valence-electron chi connectivity index (χ3n) is 5.30. The van der Waals surface area contributed by atoms with Gasteiger partial charge in [0.05, 0.1) is 18.3 Å². The number of benzene rings is 1. The first kappa shape index (κ1) is 19.3. The SMILES string of the molecule is CC(C)(C)OCC(O)CN1CCC(=O)N(C2CC2)Cc2cc3c(cc21)OCO3. The number of hydrogen-bond donors (Lipinski definition) is 1. The van der Waals surface area contributed by atoms with Crippen LogP contribution >= 0.6 is 0 Å². The first-order valence-corrected chi connectivity index (χ1v) is 10.1. The van der Waals surface area contributed by atoms with Crippen LogP contribution in [-0.4, -0.2) is 60.1 Å². The maximum absolute atomic E-state index is 12.7. The van der Waals surface area contributed by atoms with Crippen molar-refractivity contribution in [3.63, 3.8) is 0 Å². The highest BCUT2D eigenvalue weighted by Gasteiger charge is 2.35. The molecule has 1 aromatic carbocycles. The fourth-order valence-electron chi connectivity index (χ4n) is 3.72. The van der Waals surface area contributed by atoms with E-state index in [0.29, 0.717) is 37.8 Å². The Morgan fingerprint density at radius 3 is 2.64 bits per heavy atom. The van der Waals surface area contributed by atoms with Gasteiger partial charge in [-0.15, -0.1) is 0 Å². The van der Waals surface area contributed by atoms with E-state index in [4.69, 9.17) is 14.2 Å². The summed E-state index contributed by atoms with van der Waals surface area (Å²) in [6.45, 7) is 7.90. The molecule has 154 valence electrons. The van der Waals surface area contributed by atoms with Crippen molar-refractivity contribution in [2.24, 2.45) is 0 Å². The molecule has 28 heavy (non-hydrogen) atoms. The molecule has 1 amide bonds. The molecule has 7 heteroatoms. The van der Waals surface area contributed by atoms with Gasteiger partial charge in [0.15, 0.2) is 11.5 Å². The van der Waals surface area contributed by atoms with Gasteiger partial charge in [-0.05, 0) is 45.2 Å². The van der Waals surface area contributed by atoms with Crippen molar-refractivity contribution in [3.05, 3.63) is 17.7 Å². The monoisotopic (exact) mass is 390 g/mol. The van der Waals surface area contributed by atoms with Crippen LogP contribution in [-0.2, 0) is 16.1 Å². The standard InChI is InChI=1S/C21H30N2O5/c1-21(2,3)28-12-16(24)11-22-7-6-20(25)23(15-4-5-15)10-14-8-18-19(9-17(14)22)27-13-26-18/h8-9,15-16,24H,4-7,10-13H2,1-3H3. The minimum Gasteiger partial charge on any atom is -0.454 e. The normalized spacial score (nSPS) is 20.6. The van der Waals surface area contributed by atoms with E-state index < -0.39 is 6.10 Å². The van der Waals surface area contributed by atoms with E-state index in [2.05, 4.69) is 4.90 Å². The average Bonchev–Trinajstić information content (AvgIpc) is 3.36. The minimum atomic E-state index is -0.647. The molecule has 1 unspecified atom stereocenters. The molecule has 7 nitrogen and oxygen atoms in total. The number of carbonyl (C=O) groups is 1. The molecule has 1 aromatic rings. The molecule has 0 spiro atoms. The predicted octanol–water partition coefficient (Wildman–Crippen LogP) is 2.29.